The summed E-state index contributed by atoms with van der Waals surface area (Å²) in [6.07, 6.45) is -0.381. The summed E-state index contributed by atoms with van der Waals surface area (Å²) in [5.41, 5.74) is 4.64. The number of thiazole rings is 1. The van der Waals surface area contributed by atoms with Crippen molar-refractivity contribution in [3.8, 4) is 0 Å². The van der Waals surface area contributed by atoms with Gasteiger partial charge < -0.3 is 25.0 Å². The number of amides is 1. The SMILES string of the molecule is O=C(O)CCC(=O)NCc1ccc([C@H]2O[C@@H](CSc3nc4ccccc4s3)C[C@@H](c3ccc(CO)cc3)O2)cc1. The number of ether oxygens (including phenoxy) is 2. The molecule has 10 heteroatoms. The minimum atomic E-state index is -0.994. The van der Waals surface area contributed by atoms with E-state index < -0.39 is 12.3 Å². The average molecular weight is 579 g/mol. The molecular formula is C30H30N2O6S2. The molecule has 5 rings (SSSR count). The first kappa shape index (κ1) is 28.3. The zero-order valence-corrected chi connectivity index (χ0v) is 23.3. The summed E-state index contributed by atoms with van der Waals surface area (Å²) in [7, 11) is 0. The van der Waals surface area contributed by atoms with Crippen molar-refractivity contribution < 1.29 is 29.3 Å². The molecule has 1 saturated heterocycles. The molecule has 0 spiro atoms. The third kappa shape index (κ3) is 7.47. The summed E-state index contributed by atoms with van der Waals surface area (Å²) in [5, 5.41) is 20.9. The molecule has 8 nitrogen and oxygen atoms in total. The van der Waals surface area contributed by atoms with Gasteiger partial charge in [-0.1, -0.05) is 72.4 Å². The van der Waals surface area contributed by atoms with Gasteiger partial charge >= 0.3 is 5.97 Å². The Hall–Kier alpha value is -3.28. The van der Waals surface area contributed by atoms with Crippen LogP contribution in [0.5, 0.6) is 0 Å². The molecule has 1 amide bonds. The number of aliphatic hydroxyl groups is 1. The number of benzene rings is 3. The summed E-state index contributed by atoms with van der Waals surface area (Å²) >= 11 is 3.37. The largest absolute Gasteiger partial charge is 0.481 e. The molecule has 0 aliphatic carbocycles. The predicted molar refractivity (Wildman–Crippen MR) is 154 cm³/mol. The lowest BCUT2D eigenvalue weighted by Gasteiger charge is -2.36. The Morgan fingerprint density at radius 3 is 2.40 bits per heavy atom. The van der Waals surface area contributed by atoms with E-state index in [-0.39, 0.29) is 37.6 Å². The molecule has 4 aromatic rings. The zero-order chi connectivity index (χ0) is 27.9. The molecule has 3 aromatic carbocycles. The van der Waals surface area contributed by atoms with Crippen molar-refractivity contribution in [1.82, 2.24) is 10.3 Å². The third-order valence-corrected chi connectivity index (χ3v) is 8.90. The van der Waals surface area contributed by atoms with Crippen LogP contribution in [0.1, 0.15) is 53.9 Å². The van der Waals surface area contributed by atoms with Crippen LogP contribution in [0.3, 0.4) is 0 Å². The van der Waals surface area contributed by atoms with Crippen molar-refractivity contribution in [3.05, 3.63) is 95.1 Å². The van der Waals surface area contributed by atoms with Crippen molar-refractivity contribution in [1.29, 1.82) is 0 Å². The van der Waals surface area contributed by atoms with E-state index in [9.17, 15) is 14.7 Å². The molecule has 1 fully saturated rings. The van der Waals surface area contributed by atoms with Gasteiger partial charge in [-0.15, -0.1) is 11.3 Å². The Balaban J connectivity index is 1.27. The van der Waals surface area contributed by atoms with E-state index in [0.29, 0.717) is 13.0 Å². The predicted octanol–water partition coefficient (Wildman–Crippen LogP) is 5.61. The number of nitrogens with zero attached hydrogens (tertiary/aromatic N) is 1. The van der Waals surface area contributed by atoms with Gasteiger partial charge in [0.05, 0.1) is 35.5 Å². The maximum Gasteiger partial charge on any atom is 0.303 e. The minimum absolute atomic E-state index is 0.00860. The van der Waals surface area contributed by atoms with Gasteiger partial charge in [-0.25, -0.2) is 4.98 Å². The molecule has 2 heterocycles. The Morgan fingerprint density at radius 1 is 0.950 bits per heavy atom. The molecule has 1 aromatic heterocycles. The number of rotatable bonds is 11. The lowest BCUT2D eigenvalue weighted by molar-refractivity contribution is -0.245. The fraction of sp³-hybridized carbons (Fsp3) is 0.300. The van der Waals surface area contributed by atoms with Crippen LogP contribution in [0, 0.1) is 0 Å². The molecule has 0 saturated carbocycles. The number of carboxylic acids is 1. The fourth-order valence-electron chi connectivity index (χ4n) is 4.40. The van der Waals surface area contributed by atoms with E-state index in [1.807, 2.05) is 66.7 Å². The smallest absolute Gasteiger partial charge is 0.303 e. The number of carbonyl (C=O) groups is 2. The Labute approximate surface area is 240 Å². The highest BCUT2D eigenvalue weighted by molar-refractivity contribution is 8.01. The maximum atomic E-state index is 11.9. The molecule has 40 heavy (non-hydrogen) atoms. The van der Waals surface area contributed by atoms with E-state index >= 15 is 0 Å². The minimum Gasteiger partial charge on any atom is -0.481 e. The van der Waals surface area contributed by atoms with Crippen molar-refractivity contribution in [3.63, 3.8) is 0 Å². The van der Waals surface area contributed by atoms with Crippen molar-refractivity contribution in [2.24, 2.45) is 0 Å². The molecule has 0 radical (unpaired) electrons. The Bertz CT molecular complexity index is 1410. The van der Waals surface area contributed by atoms with Crippen molar-refractivity contribution in [2.45, 2.75) is 55.3 Å². The van der Waals surface area contributed by atoms with Crippen LogP contribution in [-0.4, -0.2) is 38.9 Å². The van der Waals surface area contributed by atoms with E-state index in [4.69, 9.17) is 19.6 Å². The van der Waals surface area contributed by atoms with Crippen LogP contribution >= 0.6 is 23.1 Å². The fourth-order valence-corrected chi connectivity index (χ4v) is 6.51. The topological polar surface area (TPSA) is 118 Å². The number of hydrogen-bond acceptors (Lipinski definition) is 8. The second-order valence-electron chi connectivity index (χ2n) is 9.52. The van der Waals surface area contributed by atoms with E-state index in [1.165, 1.54) is 0 Å². The van der Waals surface area contributed by atoms with Crippen LogP contribution in [0.2, 0.25) is 0 Å². The number of carbonyl (C=O) groups excluding carboxylic acids is 1. The highest BCUT2D eigenvalue weighted by Gasteiger charge is 2.32. The Kier molecular flexibility index (Phi) is 9.45. The van der Waals surface area contributed by atoms with E-state index in [2.05, 4.69) is 11.4 Å². The number of fused-ring (bicyclic) bond motifs is 1. The highest BCUT2D eigenvalue weighted by atomic mass is 32.2. The summed E-state index contributed by atoms with van der Waals surface area (Å²) < 4.78 is 15.0. The molecular weight excluding hydrogens is 548 g/mol. The second kappa shape index (κ2) is 13.4. The van der Waals surface area contributed by atoms with Gasteiger partial charge in [-0.05, 0) is 28.8 Å². The van der Waals surface area contributed by atoms with Gasteiger partial charge in [0.2, 0.25) is 5.91 Å². The summed E-state index contributed by atoms with van der Waals surface area (Å²) in [4.78, 5) is 27.3. The number of aromatic nitrogens is 1. The van der Waals surface area contributed by atoms with Gasteiger partial charge in [0.25, 0.3) is 0 Å². The van der Waals surface area contributed by atoms with Crippen molar-refractivity contribution in [2.75, 3.05) is 5.75 Å². The normalized spacial score (nSPS) is 19.0. The first-order valence-corrected chi connectivity index (χ1v) is 14.8. The van der Waals surface area contributed by atoms with Gasteiger partial charge in [-0.2, -0.15) is 0 Å². The van der Waals surface area contributed by atoms with Crippen LogP contribution < -0.4 is 5.32 Å². The number of aliphatic carboxylic acids is 1. The number of thioether (sulfide) groups is 1. The second-order valence-corrected chi connectivity index (χ2v) is 11.8. The van der Waals surface area contributed by atoms with Crippen LogP contribution in [0.25, 0.3) is 10.2 Å². The zero-order valence-electron chi connectivity index (χ0n) is 21.7. The van der Waals surface area contributed by atoms with Crippen LogP contribution in [-0.2, 0) is 32.2 Å². The molecule has 3 atom stereocenters. The quantitative estimate of drug-likeness (QED) is 0.197. The number of nitrogens with one attached hydrogen (secondary N) is 1. The van der Waals surface area contributed by atoms with Crippen LogP contribution in [0.15, 0.2) is 77.1 Å². The molecule has 208 valence electrons. The molecule has 1 aliphatic heterocycles. The first-order chi connectivity index (χ1) is 19.5. The van der Waals surface area contributed by atoms with Crippen molar-refractivity contribution >= 4 is 45.2 Å². The van der Waals surface area contributed by atoms with Gasteiger partial charge in [0, 0.05) is 30.7 Å². The van der Waals surface area contributed by atoms with E-state index in [1.54, 1.807) is 23.1 Å². The molecule has 1 aliphatic rings. The van der Waals surface area contributed by atoms with Gasteiger partial charge in [-0.3, -0.25) is 9.59 Å². The lowest BCUT2D eigenvalue weighted by Crippen LogP contribution is -2.31. The summed E-state index contributed by atoms with van der Waals surface area (Å²) in [6.45, 7) is 0.303. The number of para-hydroxylation sites is 1. The first-order valence-electron chi connectivity index (χ1n) is 13.0. The standard InChI is InChI=1S/C30H30N2O6S2/c33-17-20-7-9-21(10-8-20)25-15-23(18-39-30-32-24-3-1-2-4-26(24)40-30)37-29(38-25)22-11-5-19(6-12-22)16-31-27(34)13-14-28(35)36/h1-12,23,25,29,33H,13-18H2,(H,31,34)(H,35,36)/t23-,25+,29+/m1/s1. The highest BCUT2D eigenvalue weighted by Crippen LogP contribution is 2.40. The van der Waals surface area contributed by atoms with E-state index in [0.717, 1.165) is 42.6 Å². The van der Waals surface area contributed by atoms with Crippen LogP contribution in [0.4, 0.5) is 0 Å². The Morgan fingerprint density at radius 2 is 1.68 bits per heavy atom. The summed E-state index contributed by atoms with van der Waals surface area (Å²) in [5.74, 6) is -0.564. The maximum absolute atomic E-state index is 11.9. The average Bonchev–Trinajstić information content (AvgIpc) is 3.41. The molecule has 0 bridgehead atoms. The summed E-state index contributed by atoms with van der Waals surface area (Å²) in [6, 6.07) is 23.6. The molecule has 3 N–H and O–H groups in total. The van der Waals surface area contributed by atoms with Gasteiger partial charge in [0.1, 0.15) is 0 Å². The molecule has 0 unspecified atom stereocenters. The monoisotopic (exact) mass is 578 g/mol. The lowest BCUT2D eigenvalue weighted by atomic mass is 10.0. The third-order valence-electron chi connectivity index (χ3n) is 6.59. The number of carboxylic acid groups (broad SMARTS) is 1. The van der Waals surface area contributed by atoms with Gasteiger partial charge in [0.15, 0.2) is 10.6 Å². The number of aliphatic hydroxyl groups excluding tert-OH is 1. The number of hydrogen-bond donors (Lipinski definition) is 3.